The third-order valence-corrected chi connectivity index (χ3v) is 7.72. The van der Waals surface area contributed by atoms with E-state index < -0.39 is 5.54 Å². The Kier molecular flexibility index (Phi) is 5.38. The van der Waals surface area contributed by atoms with Crippen molar-refractivity contribution < 1.29 is 9.18 Å². The SMILES string of the molecule is CC(N)(C(=O)Nc1ccc(Cl)cn1)C1C[C@H]2CC(c3ccnc4ccc(F)cc34)C[C@H]2C1. The van der Waals surface area contributed by atoms with Crippen molar-refractivity contribution in [2.75, 3.05) is 5.32 Å². The Morgan fingerprint density at radius 3 is 2.56 bits per heavy atom. The van der Waals surface area contributed by atoms with Gasteiger partial charge in [-0.3, -0.25) is 9.78 Å². The van der Waals surface area contributed by atoms with Gasteiger partial charge in [-0.1, -0.05) is 11.6 Å². The Bertz CT molecular complexity index is 1150. The molecule has 2 saturated carbocycles. The van der Waals surface area contributed by atoms with Crippen LogP contribution in [0.3, 0.4) is 0 Å². The molecular weight excluding hydrogens is 427 g/mol. The van der Waals surface area contributed by atoms with E-state index in [9.17, 15) is 9.18 Å². The van der Waals surface area contributed by atoms with Crippen molar-refractivity contribution in [1.82, 2.24) is 9.97 Å². The zero-order chi connectivity index (χ0) is 22.5. The molecule has 2 aliphatic carbocycles. The second-order valence-corrected chi connectivity index (χ2v) is 9.95. The molecule has 0 bridgehead atoms. The standard InChI is InChI=1S/C25H26ClFN4O/c1-25(28,24(32)31-23-5-2-18(26)13-30-23)17-10-14-8-16(9-15(14)11-17)20-6-7-29-22-4-3-19(27)12-21(20)22/h2-7,12-17H,8-11,28H2,1H3,(H,30,31,32)/t14-,15+,16?,17?,25?. The molecule has 3 unspecified atom stereocenters. The van der Waals surface area contributed by atoms with E-state index in [0.717, 1.165) is 36.6 Å². The number of carbonyl (C=O) groups is 1. The first-order valence-electron chi connectivity index (χ1n) is 11.1. The summed E-state index contributed by atoms with van der Waals surface area (Å²) < 4.78 is 13.9. The molecule has 5 atom stereocenters. The fraction of sp³-hybridized carbons (Fsp3) is 0.400. The molecule has 2 aromatic heterocycles. The monoisotopic (exact) mass is 452 g/mol. The van der Waals surface area contributed by atoms with Crippen LogP contribution in [0, 0.1) is 23.6 Å². The maximum absolute atomic E-state index is 13.9. The minimum absolute atomic E-state index is 0.109. The topological polar surface area (TPSA) is 80.9 Å². The largest absolute Gasteiger partial charge is 0.317 e. The van der Waals surface area contributed by atoms with Gasteiger partial charge >= 0.3 is 0 Å². The fourth-order valence-corrected chi connectivity index (χ4v) is 5.85. The second-order valence-electron chi connectivity index (χ2n) is 9.52. The van der Waals surface area contributed by atoms with Crippen molar-refractivity contribution in [2.45, 2.75) is 44.1 Å². The third kappa shape index (κ3) is 3.86. The highest BCUT2D eigenvalue weighted by Gasteiger charge is 2.49. The van der Waals surface area contributed by atoms with Gasteiger partial charge in [-0.25, -0.2) is 9.37 Å². The average molecular weight is 453 g/mol. The van der Waals surface area contributed by atoms with Gasteiger partial charge in [0.25, 0.3) is 0 Å². The van der Waals surface area contributed by atoms with Crippen LogP contribution in [0.15, 0.2) is 48.8 Å². The first-order chi connectivity index (χ1) is 15.3. The number of nitrogens with two attached hydrogens (primary N) is 1. The molecule has 2 fully saturated rings. The summed E-state index contributed by atoms with van der Waals surface area (Å²) in [6.07, 6.45) is 7.23. The lowest BCUT2D eigenvalue weighted by Crippen LogP contribution is -2.53. The van der Waals surface area contributed by atoms with Gasteiger partial charge in [-0.15, -0.1) is 0 Å². The number of amides is 1. The zero-order valence-corrected chi connectivity index (χ0v) is 18.6. The number of anilines is 1. The van der Waals surface area contributed by atoms with Gasteiger partial charge in [-0.2, -0.15) is 0 Å². The second kappa shape index (κ2) is 8.09. The Hall–Kier alpha value is -2.57. The molecule has 3 aromatic rings. The zero-order valence-electron chi connectivity index (χ0n) is 17.9. The predicted molar refractivity (Wildman–Crippen MR) is 124 cm³/mol. The molecule has 0 radical (unpaired) electrons. The van der Waals surface area contributed by atoms with E-state index in [1.807, 2.05) is 19.2 Å². The highest BCUT2D eigenvalue weighted by Crippen LogP contribution is 2.55. The summed E-state index contributed by atoms with van der Waals surface area (Å²) in [5.74, 6) is 1.53. The first kappa shape index (κ1) is 21.3. The van der Waals surface area contributed by atoms with E-state index in [4.69, 9.17) is 17.3 Å². The highest BCUT2D eigenvalue weighted by atomic mass is 35.5. The Morgan fingerprint density at radius 1 is 1.12 bits per heavy atom. The van der Waals surface area contributed by atoms with E-state index in [1.54, 1.807) is 24.3 Å². The number of hydrogen-bond donors (Lipinski definition) is 2. The lowest BCUT2D eigenvalue weighted by Gasteiger charge is -2.31. The van der Waals surface area contributed by atoms with E-state index in [1.165, 1.54) is 17.8 Å². The van der Waals surface area contributed by atoms with Crippen LogP contribution in [-0.4, -0.2) is 21.4 Å². The maximum atomic E-state index is 13.9. The van der Waals surface area contributed by atoms with Gasteiger partial charge < -0.3 is 11.1 Å². The summed E-state index contributed by atoms with van der Waals surface area (Å²) in [6.45, 7) is 1.82. The van der Waals surface area contributed by atoms with E-state index in [0.29, 0.717) is 28.6 Å². The molecule has 3 N–H and O–H groups in total. The molecule has 0 saturated heterocycles. The van der Waals surface area contributed by atoms with Crippen molar-refractivity contribution in [1.29, 1.82) is 0 Å². The molecule has 5 rings (SSSR count). The summed E-state index contributed by atoms with van der Waals surface area (Å²) in [4.78, 5) is 21.5. The molecule has 0 spiro atoms. The van der Waals surface area contributed by atoms with Crippen LogP contribution in [-0.2, 0) is 4.79 Å². The summed E-state index contributed by atoms with van der Waals surface area (Å²) in [5.41, 5.74) is 7.61. The number of halogens is 2. The van der Waals surface area contributed by atoms with E-state index >= 15 is 0 Å². The molecule has 0 aliphatic heterocycles. The number of fused-ring (bicyclic) bond motifs is 2. The van der Waals surface area contributed by atoms with Crippen molar-refractivity contribution >= 4 is 34.2 Å². The number of hydrogen-bond acceptors (Lipinski definition) is 4. The maximum Gasteiger partial charge on any atom is 0.245 e. The van der Waals surface area contributed by atoms with Gasteiger partial charge in [0.15, 0.2) is 0 Å². The number of aromatic nitrogens is 2. The van der Waals surface area contributed by atoms with Gasteiger partial charge in [0.2, 0.25) is 5.91 Å². The van der Waals surface area contributed by atoms with Crippen molar-refractivity contribution in [3.63, 3.8) is 0 Å². The number of nitrogens with one attached hydrogen (secondary N) is 1. The van der Waals surface area contributed by atoms with Gasteiger partial charge in [0.1, 0.15) is 11.6 Å². The minimum Gasteiger partial charge on any atom is -0.317 e. The number of rotatable bonds is 4. The summed E-state index contributed by atoms with van der Waals surface area (Å²) in [5, 5.41) is 4.26. The summed E-state index contributed by atoms with van der Waals surface area (Å²) in [7, 11) is 0. The Balaban J connectivity index is 1.28. The van der Waals surface area contributed by atoms with Crippen LogP contribution in [0.1, 0.15) is 44.1 Å². The third-order valence-electron chi connectivity index (χ3n) is 7.50. The number of carbonyl (C=O) groups excluding carboxylic acids is 1. The molecule has 5 nitrogen and oxygen atoms in total. The van der Waals surface area contributed by atoms with Crippen molar-refractivity contribution in [2.24, 2.45) is 23.5 Å². The first-order valence-corrected chi connectivity index (χ1v) is 11.4. The molecule has 7 heteroatoms. The molecule has 166 valence electrons. The lowest BCUT2D eigenvalue weighted by atomic mass is 9.81. The number of pyridine rings is 2. The number of nitrogens with zero attached hydrogens (tertiary/aromatic N) is 2. The normalized spacial score (nSPS) is 26.6. The van der Waals surface area contributed by atoms with Crippen LogP contribution in [0.5, 0.6) is 0 Å². The smallest absolute Gasteiger partial charge is 0.245 e. The average Bonchev–Trinajstić information content (AvgIpc) is 3.34. The van der Waals surface area contributed by atoms with E-state index in [2.05, 4.69) is 15.3 Å². The minimum atomic E-state index is -0.979. The highest BCUT2D eigenvalue weighted by molar-refractivity contribution is 6.30. The van der Waals surface area contributed by atoms with Crippen LogP contribution >= 0.6 is 11.6 Å². The lowest BCUT2D eigenvalue weighted by molar-refractivity contribution is -0.122. The number of benzene rings is 1. The molecule has 2 aliphatic rings. The summed E-state index contributed by atoms with van der Waals surface area (Å²) >= 11 is 5.87. The molecule has 1 amide bonds. The van der Waals surface area contributed by atoms with Gasteiger partial charge in [0, 0.05) is 17.8 Å². The molecule has 1 aromatic carbocycles. The fourth-order valence-electron chi connectivity index (χ4n) is 5.74. The van der Waals surface area contributed by atoms with Crippen LogP contribution in [0.4, 0.5) is 10.2 Å². The predicted octanol–water partition coefficient (Wildman–Crippen LogP) is 5.30. The van der Waals surface area contributed by atoms with Crippen molar-refractivity contribution in [3.8, 4) is 0 Å². The Morgan fingerprint density at radius 2 is 1.88 bits per heavy atom. The van der Waals surface area contributed by atoms with Crippen LogP contribution < -0.4 is 11.1 Å². The summed E-state index contributed by atoms with van der Waals surface area (Å²) in [6, 6.07) is 10.2. The molecule has 2 heterocycles. The van der Waals surface area contributed by atoms with E-state index in [-0.39, 0.29) is 17.6 Å². The van der Waals surface area contributed by atoms with Crippen LogP contribution in [0.2, 0.25) is 5.02 Å². The van der Waals surface area contributed by atoms with Crippen molar-refractivity contribution in [3.05, 3.63) is 65.2 Å². The van der Waals surface area contributed by atoms with Gasteiger partial charge in [-0.05, 0) is 98.2 Å². The molecular formula is C25H26ClFN4O. The quantitative estimate of drug-likeness (QED) is 0.563. The van der Waals surface area contributed by atoms with Gasteiger partial charge in [0.05, 0.1) is 16.1 Å². The molecule has 32 heavy (non-hydrogen) atoms. The van der Waals surface area contributed by atoms with Crippen LogP contribution in [0.25, 0.3) is 10.9 Å². The Labute approximate surface area is 191 Å².